The SMILES string of the molecule is Cc1cc(=O)[nH]c(CCNC(=O)[C@@H]2CCCNCC2)n1. The first kappa shape index (κ1) is 14.7. The first-order valence-electron chi connectivity index (χ1n) is 7.20. The van der Waals surface area contributed by atoms with Gasteiger partial charge >= 0.3 is 0 Å². The number of aromatic nitrogens is 2. The number of rotatable bonds is 4. The maximum absolute atomic E-state index is 12.0. The average molecular weight is 278 g/mol. The minimum atomic E-state index is -0.145. The molecule has 1 amide bonds. The van der Waals surface area contributed by atoms with E-state index >= 15 is 0 Å². The van der Waals surface area contributed by atoms with Crippen LogP contribution in [-0.4, -0.2) is 35.5 Å². The van der Waals surface area contributed by atoms with Gasteiger partial charge in [-0.1, -0.05) is 0 Å². The molecule has 0 unspecified atom stereocenters. The highest BCUT2D eigenvalue weighted by Crippen LogP contribution is 2.13. The molecule has 1 fully saturated rings. The number of H-pyrrole nitrogens is 1. The van der Waals surface area contributed by atoms with Gasteiger partial charge in [-0.2, -0.15) is 0 Å². The topological polar surface area (TPSA) is 86.9 Å². The van der Waals surface area contributed by atoms with E-state index in [9.17, 15) is 9.59 Å². The van der Waals surface area contributed by atoms with E-state index < -0.39 is 0 Å². The Kier molecular flexibility index (Phi) is 5.29. The fourth-order valence-electron chi connectivity index (χ4n) is 2.49. The van der Waals surface area contributed by atoms with Crippen LogP contribution >= 0.6 is 0 Å². The minimum absolute atomic E-state index is 0.106. The lowest BCUT2D eigenvalue weighted by Gasteiger charge is -2.13. The van der Waals surface area contributed by atoms with Crippen LogP contribution in [-0.2, 0) is 11.2 Å². The molecule has 2 heterocycles. The summed E-state index contributed by atoms with van der Waals surface area (Å²) < 4.78 is 0. The van der Waals surface area contributed by atoms with Gasteiger partial charge in [-0.05, 0) is 39.3 Å². The van der Waals surface area contributed by atoms with Crippen molar-refractivity contribution in [2.24, 2.45) is 5.92 Å². The van der Waals surface area contributed by atoms with Crippen LogP contribution in [0.1, 0.15) is 30.8 Å². The van der Waals surface area contributed by atoms with Gasteiger partial charge < -0.3 is 15.6 Å². The molecule has 1 aromatic heterocycles. The van der Waals surface area contributed by atoms with Crippen molar-refractivity contribution in [1.82, 2.24) is 20.6 Å². The Morgan fingerprint density at radius 1 is 1.45 bits per heavy atom. The van der Waals surface area contributed by atoms with E-state index in [1.807, 2.05) is 0 Å². The second-order valence-electron chi connectivity index (χ2n) is 5.25. The molecular weight excluding hydrogens is 256 g/mol. The predicted molar refractivity (Wildman–Crippen MR) is 76.5 cm³/mol. The zero-order valence-corrected chi connectivity index (χ0v) is 11.9. The van der Waals surface area contributed by atoms with E-state index in [4.69, 9.17) is 0 Å². The van der Waals surface area contributed by atoms with Gasteiger partial charge in [-0.3, -0.25) is 9.59 Å². The standard InChI is InChI=1S/C14H22N4O2/c1-10-9-13(19)18-12(17-10)5-8-16-14(20)11-3-2-6-15-7-4-11/h9,11,15H,2-8H2,1H3,(H,16,20)(H,17,18,19)/t11-/m1/s1. The van der Waals surface area contributed by atoms with Crippen LogP contribution < -0.4 is 16.2 Å². The van der Waals surface area contributed by atoms with Crippen molar-refractivity contribution in [1.29, 1.82) is 0 Å². The molecule has 0 aromatic carbocycles. The third-order valence-corrected chi connectivity index (χ3v) is 3.53. The van der Waals surface area contributed by atoms with Gasteiger partial charge in [0.05, 0.1) is 0 Å². The molecule has 0 saturated carbocycles. The maximum atomic E-state index is 12.0. The Balaban J connectivity index is 1.79. The van der Waals surface area contributed by atoms with Crippen molar-refractivity contribution >= 4 is 5.91 Å². The molecule has 1 aliphatic rings. The molecule has 6 nitrogen and oxygen atoms in total. The third-order valence-electron chi connectivity index (χ3n) is 3.53. The summed E-state index contributed by atoms with van der Waals surface area (Å²) in [6.07, 6.45) is 3.43. The van der Waals surface area contributed by atoms with Crippen LogP contribution in [0.5, 0.6) is 0 Å². The van der Waals surface area contributed by atoms with Gasteiger partial charge in [0.1, 0.15) is 5.82 Å². The highest BCUT2D eigenvalue weighted by Gasteiger charge is 2.19. The van der Waals surface area contributed by atoms with Crippen LogP contribution in [0.4, 0.5) is 0 Å². The van der Waals surface area contributed by atoms with E-state index in [0.717, 1.165) is 32.4 Å². The normalized spacial score (nSPS) is 19.4. The Morgan fingerprint density at radius 2 is 2.30 bits per heavy atom. The second kappa shape index (κ2) is 7.19. The first-order chi connectivity index (χ1) is 9.65. The van der Waals surface area contributed by atoms with E-state index in [1.54, 1.807) is 6.92 Å². The second-order valence-corrected chi connectivity index (χ2v) is 5.25. The van der Waals surface area contributed by atoms with Gasteiger partial charge in [0.25, 0.3) is 5.56 Å². The fourth-order valence-corrected chi connectivity index (χ4v) is 2.49. The van der Waals surface area contributed by atoms with Crippen LogP contribution in [0.3, 0.4) is 0 Å². The number of aryl methyl sites for hydroxylation is 1. The Bertz CT molecular complexity index is 504. The molecule has 0 radical (unpaired) electrons. The summed E-state index contributed by atoms with van der Waals surface area (Å²) in [5.41, 5.74) is 0.554. The molecule has 110 valence electrons. The van der Waals surface area contributed by atoms with Gasteiger partial charge in [-0.25, -0.2) is 4.98 Å². The van der Waals surface area contributed by atoms with E-state index in [-0.39, 0.29) is 17.4 Å². The molecule has 6 heteroatoms. The largest absolute Gasteiger partial charge is 0.355 e. The Morgan fingerprint density at radius 3 is 3.10 bits per heavy atom. The van der Waals surface area contributed by atoms with Crippen LogP contribution in [0.25, 0.3) is 0 Å². The van der Waals surface area contributed by atoms with Crippen molar-refractivity contribution in [3.8, 4) is 0 Å². The van der Waals surface area contributed by atoms with Crippen molar-refractivity contribution in [3.05, 3.63) is 27.9 Å². The highest BCUT2D eigenvalue weighted by molar-refractivity contribution is 5.78. The number of nitrogens with one attached hydrogen (secondary N) is 3. The molecule has 0 spiro atoms. The van der Waals surface area contributed by atoms with Gasteiger partial charge in [0.2, 0.25) is 5.91 Å². The van der Waals surface area contributed by atoms with Crippen molar-refractivity contribution in [2.45, 2.75) is 32.6 Å². The van der Waals surface area contributed by atoms with Crippen LogP contribution in [0, 0.1) is 12.8 Å². The number of hydrogen-bond donors (Lipinski definition) is 3. The van der Waals surface area contributed by atoms with E-state index in [2.05, 4.69) is 20.6 Å². The molecule has 2 rings (SSSR count). The average Bonchev–Trinajstić information content (AvgIpc) is 2.66. The molecule has 1 saturated heterocycles. The third kappa shape index (κ3) is 4.45. The number of hydrogen-bond acceptors (Lipinski definition) is 4. The Labute approximate surface area is 118 Å². The number of aromatic amines is 1. The predicted octanol–water partition coefficient (Wildman–Crippen LogP) is 0.127. The quantitative estimate of drug-likeness (QED) is 0.730. The van der Waals surface area contributed by atoms with E-state index in [1.165, 1.54) is 6.07 Å². The maximum Gasteiger partial charge on any atom is 0.251 e. The minimum Gasteiger partial charge on any atom is -0.355 e. The number of amides is 1. The molecule has 1 atom stereocenters. The van der Waals surface area contributed by atoms with Gasteiger partial charge in [-0.15, -0.1) is 0 Å². The number of nitrogens with zero attached hydrogens (tertiary/aromatic N) is 1. The number of carbonyl (C=O) groups excluding carboxylic acids is 1. The van der Waals surface area contributed by atoms with Gasteiger partial charge in [0, 0.05) is 30.6 Å². The Hall–Kier alpha value is -1.69. The zero-order valence-electron chi connectivity index (χ0n) is 11.9. The van der Waals surface area contributed by atoms with Gasteiger partial charge in [0.15, 0.2) is 0 Å². The van der Waals surface area contributed by atoms with Crippen molar-refractivity contribution in [3.63, 3.8) is 0 Å². The van der Waals surface area contributed by atoms with E-state index in [0.29, 0.717) is 24.5 Å². The summed E-state index contributed by atoms with van der Waals surface area (Å²) in [6.45, 7) is 4.20. The van der Waals surface area contributed by atoms with Crippen LogP contribution in [0.15, 0.2) is 10.9 Å². The summed E-state index contributed by atoms with van der Waals surface area (Å²) >= 11 is 0. The zero-order chi connectivity index (χ0) is 14.4. The molecule has 1 aromatic rings. The lowest BCUT2D eigenvalue weighted by Crippen LogP contribution is -2.33. The molecular formula is C14H22N4O2. The summed E-state index contributed by atoms with van der Waals surface area (Å²) in [5, 5.41) is 6.24. The smallest absolute Gasteiger partial charge is 0.251 e. The molecule has 1 aliphatic heterocycles. The fraction of sp³-hybridized carbons (Fsp3) is 0.643. The highest BCUT2D eigenvalue weighted by atomic mass is 16.2. The monoisotopic (exact) mass is 278 g/mol. The first-order valence-corrected chi connectivity index (χ1v) is 7.20. The summed E-state index contributed by atoms with van der Waals surface area (Å²) in [6, 6.07) is 1.46. The lowest BCUT2D eigenvalue weighted by molar-refractivity contribution is -0.125. The summed E-state index contributed by atoms with van der Waals surface area (Å²) in [4.78, 5) is 30.3. The molecule has 0 aliphatic carbocycles. The number of carbonyl (C=O) groups is 1. The lowest BCUT2D eigenvalue weighted by atomic mass is 10.00. The summed E-state index contributed by atoms with van der Waals surface area (Å²) in [5.74, 6) is 0.844. The van der Waals surface area contributed by atoms with Crippen LogP contribution in [0.2, 0.25) is 0 Å². The molecule has 20 heavy (non-hydrogen) atoms. The van der Waals surface area contributed by atoms with Crippen molar-refractivity contribution in [2.75, 3.05) is 19.6 Å². The van der Waals surface area contributed by atoms with Crippen molar-refractivity contribution < 1.29 is 4.79 Å². The molecule has 0 bridgehead atoms. The molecule has 3 N–H and O–H groups in total. The summed E-state index contributed by atoms with van der Waals surface area (Å²) in [7, 11) is 0.